The Kier molecular flexibility index (Phi) is 9.15. The Hall–Kier alpha value is -1.88. The second-order valence-corrected chi connectivity index (χ2v) is 7.80. The molecule has 29 heavy (non-hydrogen) atoms. The molecule has 0 N–H and O–H groups in total. The van der Waals surface area contributed by atoms with Crippen molar-refractivity contribution < 1.29 is 9.53 Å². The van der Waals surface area contributed by atoms with Crippen LogP contribution in [0.25, 0.3) is 0 Å². The van der Waals surface area contributed by atoms with Crippen LogP contribution in [0.3, 0.4) is 0 Å². The van der Waals surface area contributed by atoms with Crippen LogP contribution in [0.5, 0.6) is 0 Å². The summed E-state index contributed by atoms with van der Waals surface area (Å²) in [5.41, 5.74) is 1.20. The Balaban J connectivity index is 0.00000300. The molecular formula is C24H33ClN2O2. The summed E-state index contributed by atoms with van der Waals surface area (Å²) in [7, 11) is 0. The van der Waals surface area contributed by atoms with Gasteiger partial charge in [-0.1, -0.05) is 55.1 Å². The molecule has 1 unspecified atom stereocenters. The van der Waals surface area contributed by atoms with Crippen molar-refractivity contribution in [3.63, 3.8) is 0 Å². The van der Waals surface area contributed by atoms with E-state index in [1.165, 1.54) is 12.0 Å². The van der Waals surface area contributed by atoms with E-state index in [-0.39, 0.29) is 30.0 Å². The number of ether oxygens (including phenoxy) is 1. The van der Waals surface area contributed by atoms with Crippen LogP contribution < -0.4 is 0 Å². The van der Waals surface area contributed by atoms with E-state index in [1.807, 2.05) is 36.3 Å². The zero-order valence-electron chi connectivity index (χ0n) is 17.3. The molecule has 2 heterocycles. The lowest BCUT2D eigenvalue weighted by atomic mass is 9.88. The summed E-state index contributed by atoms with van der Waals surface area (Å²) in [6.45, 7) is 9.36. The molecule has 0 saturated carbocycles. The van der Waals surface area contributed by atoms with Gasteiger partial charge in [-0.25, -0.2) is 0 Å². The van der Waals surface area contributed by atoms with Crippen molar-refractivity contribution in [1.82, 2.24) is 9.80 Å². The minimum Gasteiger partial charge on any atom is -0.360 e. The van der Waals surface area contributed by atoms with Gasteiger partial charge in [0, 0.05) is 19.3 Å². The number of morpholine rings is 1. The summed E-state index contributed by atoms with van der Waals surface area (Å²) in [5, 5.41) is 0. The summed E-state index contributed by atoms with van der Waals surface area (Å²) >= 11 is 0. The average Bonchev–Trinajstić information content (AvgIpc) is 2.71. The molecule has 1 spiro atoms. The van der Waals surface area contributed by atoms with Gasteiger partial charge in [0.2, 0.25) is 0 Å². The van der Waals surface area contributed by atoms with Crippen molar-refractivity contribution >= 4 is 18.3 Å². The molecule has 2 saturated heterocycles. The first kappa shape index (κ1) is 23.4. The largest absolute Gasteiger partial charge is 0.360 e. The molecule has 1 atom stereocenters. The number of piperidine rings is 1. The van der Waals surface area contributed by atoms with Crippen molar-refractivity contribution in [1.29, 1.82) is 0 Å². The fourth-order valence-corrected chi connectivity index (χ4v) is 4.12. The molecule has 2 aliphatic rings. The van der Waals surface area contributed by atoms with Crippen LogP contribution in [0.2, 0.25) is 0 Å². The zero-order valence-corrected chi connectivity index (χ0v) is 18.2. The third kappa shape index (κ3) is 6.56. The molecule has 0 aliphatic carbocycles. The summed E-state index contributed by atoms with van der Waals surface area (Å²) < 4.78 is 6.22. The van der Waals surface area contributed by atoms with Gasteiger partial charge in [0.25, 0.3) is 5.91 Å². The first-order chi connectivity index (χ1) is 13.6. The lowest BCUT2D eigenvalue weighted by molar-refractivity contribution is -0.184. The van der Waals surface area contributed by atoms with Crippen LogP contribution in [0.1, 0.15) is 31.7 Å². The highest BCUT2D eigenvalue weighted by molar-refractivity contribution is 5.85. The Morgan fingerprint density at radius 1 is 1.17 bits per heavy atom. The molecule has 4 nitrogen and oxygen atoms in total. The molecular weight excluding hydrogens is 384 g/mol. The van der Waals surface area contributed by atoms with Crippen molar-refractivity contribution in [2.45, 2.75) is 44.3 Å². The quantitative estimate of drug-likeness (QED) is 0.618. The van der Waals surface area contributed by atoms with E-state index in [0.717, 1.165) is 38.9 Å². The minimum atomic E-state index is -0.383. The number of nitrogens with zero attached hydrogens (tertiary/aromatic N) is 2. The van der Waals surface area contributed by atoms with Crippen molar-refractivity contribution in [3.8, 4) is 0 Å². The number of rotatable bonds is 7. The number of carbonyl (C=O) groups excluding carboxylic acids is 1. The molecule has 2 aliphatic heterocycles. The molecule has 3 rings (SSSR count). The highest BCUT2D eigenvalue weighted by Crippen LogP contribution is 2.33. The molecule has 1 aromatic carbocycles. The van der Waals surface area contributed by atoms with Gasteiger partial charge in [0.1, 0.15) is 6.10 Å². The third-order valence-corrected chi connectivity index (χ3v) is 5.69. The minimum absolute atomic E-state index is 0. The van der Waals surface area contributed by atoms with Gasteiger partial charge >= 0.3 is 0 Å². The van der Waals surface area contributed by atoms with E-state index in [4.69, 9.17) is 4.74 Å². The van der Waals surface area contributed by atoms with Crippen LogP contribution >= 0.6 is 12.4 Å². The third-order valence-electron chi connectivity index (χ3n) is 5.69. The number of halogens is 1. The number of amides is 1. The van der Waals surface area contributed by atoms with Crippen LogP contribution in [0.15, 0.2) is 67.4 Å². The number of aryl methyl sites for hydroxylation is 1. The maximum absolute atomic E-state index is 12.5. The van der Waals surface area contributed by atoms with Gasteiger partial charge in [0.05, 0.1) is 12.1 Å². The fraction of sp³-hybridized carbons (Fsp3) is 0.458. The summed E-state index contributed by atoms with van der Waals surface area (Å²) in [4.78, 5) is 16.8. The summed E-state index contributed by atoms with van der Waals surface area (Å²) in [6, 6.07) is 10.7. The van der Waals surface area contributed by atoms with Crippen molar-refractivity contribution in [2.24, 2.45) is 0 Å². The number of hydrogen-bond donors (Lipinski definition) is 0. The fourth-order valence-electron chi connectivity index (χ4n) is 4.12. The van der Waals surface area contributed by atoms with E-state index in [2.05, 4.69) is 41.8 Å². The molecule has 2 fully saturated rings. The van der Waals surface area contributed by atoms with Gasteiger partial charge in [-0.2, -0.15) is 0 Å². The smallest absolute Gasteiger partial charge is 0.255 e. The summed E-state index contributed by atoms with van der Waals surface area (Å²) in [5.74, 6) is 0.0409. The predicted octanol–water partition coefficient (Wildman–Crippen LogP) is 4.38. The second-order valence-electron chi connectivity index (χ2n) is 7.80. The predicted molar refractivity (Wildman–Crippen MR) is 121 cm³/mol. The van der Waals surface area contributed by atoms with Crippen LogP contribution in [0, 0.1) is 0 Å². The number of hydrogen-bond acceptors (Lipinski definition) is 3. The van der Waals surface area contributed by atoms with E-state index in [1.54, 1.807) is 6.08 Å². The first-order valence-corrected chi connectivity index (χ1v) is 10.3. The highest BCUT2D eigenvalue weighted by Gasteiger charge is 2.44. The van der Waals surface area contributed by atoms with Gasteiger partial charge in [-0.3, -0.25) is 4.79 Å². The highest BCUT2D eigenvalue weighted by atomic mass is 35.5. The van der Waals surface area contributed by atoms with Gasteiger partial charge < -0.3 is 14.5 Å². The number of allylic oxidation sites excluding steroid dienone is 4. The van der Waals surface area contributed by atoms with Crippen LogP contribution in [-0.2, 0) is 16.0 Å². The van der Waals surface area contributed by atoms with Crippen molar-refractivity contribution in [2.75, 3.05) is 26.2 Å². The second kappa shape index (κ2) is 11.3. The lowest BCUT2D eigenvalue weighted by Crippen LogP contribution is -2.60. The van der Waals surface area contributed by atoms with E-state index >= 15 is 0 Å². The molecule has 1 aromatic rings. The monoisotopic (exact) mass is 416 g/mol. The Labute approximate surface area is 181 Å². The van der Waals surface area contributed by atoms with Crippen LogP contribution in [0.4, 0.5) is 0 Å². The topological polar surface area (TPSA) is 32.8 Å². The van der Waals surface area contributed by atoms with Gasteiger partial charge in [0.15, 0.2) is 0 Å². The van der Waals surface area contributed by atoms with Gasteiger partial charge in [-0.05, 0) is 50.8 Å². The molecule has 0 aromatic heterocycles. The molecule has 5 heteroatoms. The van der Waals surface area contributed by atoms with E-state index in [9.17, 15) is 4.79 Å². The SMILES string of the molecule is C=C/C=C\C=C\N1CC2(CCN(CCCc3ccccc3)CC2)OC(C)C1=O.Cl. The number of carbonyl (C=O) groups is 1. The van der Waals surface area contributed by atoms with Gasteiger partial charge in [-0.15, -0.1) is 12.4 Å². The Bertz CT molecular complexity index is 709. The lowest BCUT2D eigenvalue weighted by Gasteiger charge is -2.48. The first-order valence-electron chi connectivity index (χ1n) is 10.3. The van der Waals surface area contributed by atoms with Crippen molar-refractivity contribution in [3.05, 3.63) is 73.0 Å². The van der Waals surface area contributed by atoms with E-state index < -0.39 is 0 Å². The zero-order chi connectivity index (χ0) is 19.8. The van der Waals surface area contributed by atoms with E-state index in [0.29, 0.717) is 6.54 Å². The Morgan fingerprint density at radius 2 is 1.90 bits per heavy atom. The molecule has 0 radical (unpaired) electrons. The molecule has 0 bridgehead atoms. The molecule has 1 amide bonds. The summed E-state index contributed by atoms with van der Waals surface area (Å²) in [6.07, 6.45) is 13.1. The maximum Gasteiger partial charge on any atom is 0.255 e. The maximum atomic E-state index is 12.5. The normalized spacial score (nSPS) is 22.3. The molecule has 158 valence electrons. The number of benzene rings is 1. The van der Waals surface area contributed by atoms with Crippen LogP contribution in [-0.4, -0.2) is 53.6 Å². The average molecular weight is 417 g/mol. The number of likely N-dealkylation sites (tertiary alicyclic amines) is 1. The standard InChI is InChI=1S/C24H32N2O2.ClH/c1-3-4-5-9-17-26-20-24(28-21(2)23(26)27)14-18-25(19-15-24)16-10-13-22-11-7-6-8-12-22;/h3-9,11-12,17,21H,1,10,13-16,18-20H2,2H3;1H/b5-4-,17-9+;. The Morgan fingerprint density at radius 3 is 2.59 bits per heavy atom.